The van der Waals surface area contributed by atoms with Gasteiger partial charge in [0.1, 0.15) is 0 Å². The van der Waals surface area contributed by atoms with Crippen molar-refractivity contribution in [3.05, 3.63) is 35.9 Å². The maximum atomic E-state index is 11.3. The molecule has 0 radical (unpaired) electrons. The molecule has 1 saturated heterocycles. The van der Waals surface area contributed by atoms with Gasteiger partial charge in [0, 0.05) is 6.54 Å². The van der Waals surface area contributed by atoms with Crippen molar-refractivity contribution in [1.29, 1.82) is 0 Å². The van der Waals surface area contributed by atoms with E-state index in [4.69, 9.17) is 4.74 Å². The smallest absolute Gasteiger partial charge is 0.307 e. The molecular formula is C17H25NO2. The van der Waals surface area contributed by atoms with Gasteiger partial charge >= 0.3 is 5.97 Å². The van der Waals surface area contributed by atoms with Crippen molar-refractivity contribution in [1.82, 2.24) is 4.90 Å². The van der Waals surface area contributed by atoms with E-state index in [0.29, 0.717) is 13.0 Å². The molecule has 1 fully saturated rings. The molecule has 0 spiro atoms. The number of carbonyl (C=O) groups excluding carboxylic acids is 1. The second-order valence-corrected chi connectivity index (χ2v) is 5.53. The first-order valence-corrected chi connectivity index (χ1v) is 7.70. The van der Waals surface area contributed by atoms with Crippen LogP contribution in [0.15, 0.2) is 30.3 Å². The van der Waals surface area contributed by atoms with Gasteiger partial charge in [-0.15, -0.1) is 0 Å². The first-order valence-electron chi connectivity index (χ1n) is 7.70. The summed E-state index contributed by atoms with van der Waals surface area (Å²) in [5.41, 5.74) is 1.44. The van der Waals surface area contributed by atoms with Crippen LogP contribution in [0.5, 0.6) is 0 Å². The fraction of sp³-hybridized carbons (Fsp3) is 0.588. The SMILES string of the molecule is CCOC(=O)CCN1CCC(Cc2ccccc2)CC1. The Labute approximate surface area is 121 Å². The van der Waals surface area contributed by atoms with Crippen LogP contribution in [0.25, 0.3) is 0 Å². The van der Waals surface area contributed by atoms with Crippen molar-refractivity contribution in [2.45, 2.75) is 32.6 Å². The van der Waals surface area contributed by atoms with E-state index in [1.54, 1.807) is 0 Å². The van der Waals surface area contributed by atoms with Crippen LogP contribution in [0.1, 0.15) is 31.7 Å². The molecule has 3 nitrogen and oxygen atoms in total. The molecule has 0 aliphatic carbocycles. The highest BCUT2D eigenvalue weighted by Crippen LogP contribution is 2.21. The third-order valence-electron chi connectivity index (χ3n) is 4.01. The summed E-state index contributed by atoms with van der Waals surface area (Å²) in [7, 11) is 0. The van der Waals surface area contributed by atoms with E-state index in [0.717, 1.165) is 25.6 Å². The number of piperidine rings is 1. The molecule has 0 amide bonds. The summed E-state index contributed by atoms with van der Waals surface area (Å²) in [4.78, 5) is 13.7. The Morgan fingerprint density at radius 3 is 2.60 bits per heavy atom. The van der Waals surface area contributed by atoms with Crippen LogP contribution in [-0.4, -0.2) is 37.1 Å². The van der Waals surface area contributed by atoms with E-state index in [9.17, 15) is 4.79 Å². The lowest BCUT2D eigenvalue weighted by atomic mass is 9.90. The fourth-order valence-electron chi connectivity index (χ4n) is 2.84. The molecule has 2 rings (SSSR count). The number of benzene rings is 1. The lowest BCUT2D eigenvalue weighted by Crippen LogP contribution is -2.35. The summed E-state index contributed by atoms with van der Waals surface area (Å²) < 4.78 is 4.97. The highest BCUT2D eigenvalue weighted by atomic mass is 16.5. The number of esters is 1. The van der Waals surface area contributed by atoms with E-state index in [2.05, 4.69) is 35.2 Å². The van der Waals surface area contributed by atoms with Gasteiger partial charge in [0.2, 0.25) is 0 Å². The zero-order valence-electron chi connectivity index (χ0n) is 12.4. The molecule has 1 aliphatic rings. The predicted octanol–water partition coefficient (Wildman–Crippen LogP) is 2.89. The third kappa shape index (κ3) is 4.97. The van der Waals surface area contributed by atoms with Crippen LogP contribution >= 0.6 is 0 Å². The maximum Gasteiger partial charge on any atom is 0.307 e. The molecule has 1 heterocycles. The van der Waals surface area contributed by atoms with Crippen molar-refractivity contribution in [2.75, 3.05) is 26.2 Å². The van der Waals surface area contributed by atoms with E-state index in [-0.39, 0.29) is 5.97 Å². The average Bonchev–Trinajstić information content (AvgIpc) is 2.48. The van der Waals surface area contributed by atoms with E-state index in [1.807, 2.05) is 6.92 Å². The standard InChI is InChI=1S/C17H25NO2/c1-2-20-17(19)10-13-18-11-8-16(9-12-18)14-15-6-4-3-5-7-15/h3-7,16H,2,8-14H2,1H3. The first-order chi connectivity index (χ1) is 9.78. The summed E-state index contributed by atoms with van der Waals surface area (Å²) in [6.45, 7) is 5.40. The van der Waals surface area contributed by atoms with Gasteiger partial charge in [-0.25, -0.2) is 0 Å². The second kappa shape index (κ2) is 8.05. The van der Waals surface area contributed by atoms with Gasteiger partial charge < -0.3 is 9.64 Å². The molecule has 0 N–H and O–H groups in total. The van der Waals surface area contributed by atoms with Gasteiger partial charge in [0.25, 0.3) is 0 Å². The Kier molecular flexibility index (Phi) is 6.06. The Hall–Kier alpha value is -1.35. The summed E-state index contributed by atoms with van der Waals surface area (Å²) in [6, 6.07) is 10.7. The van der Waals surface area contributed by atoms with E-state index < -0.39 is 0 Å². The maximum absolute atomic E-state index is 11.3. The van der Waals surface area contributed by atoms with Gasteiger partial charge in [0.05, 0.1) is 13.0 Å². The molecule has 0 aromatic heterocycles. The highest BCUT2D eigenvalue weighted by Gasteiger charge is 2.19. The highest BCUT2D eigenvalue weighted by molar-refractivity contribution is 5.69. The van der Waals surface area contributed by atoms with Crippen LogP contribution in [0, 0.1) is 5.92 Å². The molecule has 1 aromatic rings. The summed E-state index contributed by atoms with van der Waals surface area (Å²) in [6.07, 6.45) is 4.18. The molecule has 3 heteroatoms. The molecular weight excluding hydrogens is 250 g/mol. The normalized spacial score (nSPS) is 17.1. The number of hydrogen-bond acceptors (Lipinski definition) is 3. The molecule has 110 valence electrons. The number of carbonyl (C=O) groups is 1. The summed E-state index contributed by atoms with van der Waals surface area (Å²) in [5.74, 6) is 0.718. The Morgan fingerprint density at radius 2 is 1.95 bits per heavy atom. The topological polar surface area (TPSA) is 29.5 Å². The molecule has 20 heavy (non-hydrogen) atoms. The van der Waals surface area contributed by atoms with Crippen molar-refractivity contribution in [3.8, 4) is 0 Å². The van der Waals surface area contributed by atoms with Gasteiger partial charge in [0.15, 0.2) is 0 Å². The monoisotopic (exact) mass is 275 g/mol. The predicted molar refractivity (Wildman–Crippen MR) is 80.6 cm³/mol. The number of ether oxygens (including phenoxy) is 1. The summed E-state index contributed by atoms with van der Waals surface area (Å²) >= 11 is 0. The number of rotatable bonds is 6. The molecule has 0 unspecified atom stereocenters. The first kappa shape index (κ1) is 15.0. The van der Waals surface area contributed by atoms with Crippen molar-refractivity contribution < 1.29 is 9.53 Å². The lowest BCUT2D eigenvalue weighted by molar-refractivity contribution is -0.143. The van der Waals surface area contributed by atoms with E-state index in [1.165, 1.54) is 24.8 Å². The van der Waals surface area contributed by atoms with E-state index >= 15 is 0 Å². The van der Waals surface area contributed by atoms with Gasteiger partial charge in [-0.3, -0.25) is 4.79 Å². The lowest BCUT2D eigenvalue weighted by Gasteiger charge is -2.31. The number of nitrogens with zero attached hydrogens (tertiary/aromatic N) is 1. The minimum atomic E-state index is -0.0705. The zero-order chi connectivity index (χ0) is 14.2. The van der Waals surface area contributed by atoms with Crippen LogP contribution in [0.4, 0.5) is 0 Å². The minimum Gasteiger partial charge on any atom is -0.466 e. The third-order valence-corrected chi connectivity index (χ3v) is 4.01. The van der Waals surface area contributed by atoms with Crippen LogP contribution < -0.4 is 0 Å². The Balaban J connectivity index is 1.66. The van der Waals surface area contributed by atoms with Crippen molar-refractivity contribution in [3.63, 3.8) is 0 Å². The average molecular weight is 275 g/mol. The van der Waals surface area contributed by atoms with Gasteiger partial charge in [-0.1, -0.05) is 30.3 Å². The van der Waals surface area contributed by atoms with Crippen LogP contribution in [0.3, 0.4) is 0 Å². The van der Waals surface area contributed by atoms with Crippen molar-refractivity contribution >= 4 is 5.97 Å². The van der Waals surface area contributed by atoms with Crippen LogP contribution in [0.2, 0.25) is 0 Å². The fourth-order valence-corrected chi connectivity index (χ4v) is 2.84. The summed E-state index contributed by atoms with van der Waals surface area (Å²) in [5, 5.41) is 0. The zero-order valence-corrected chi connectivity index (χ0v) is 12.4. The molecule has 0 bridgehead atoms. The van der Waals surface area contributed by atoms with Crippen LogP contribution in [-0.2, 0) is 16.0 Å². The Bertz CT molecular complexity index is 397. The van der Waals surface area contributed by atoms with Gasteiger partial charge in [-0.05, 0) is 50.8 Å². The molecule has 1 aromatic carbocycles. The molecule has 0 atom stereocenters. The second-order valence-electron chi connectivity index (χ2n) is 5.53. The van der Waals surface area contributed by atoms with Crippen molar-refractivity contribution in [2.24, 2.45) is 5.92 Å². The molecule has 0 saturated carbocycles. The Morgan fingerprint density at radius 1 is 1.25 bits per heavy atom. The minimum absolute atomic E-state index is 0.0705. The number of likely N-dealkylation sites (tertiary alicyclic amines) is 1. The largest absolute Gasteiger partial charge is 0.466 e. The number of hydrogen-bond donors (Lipinski definition) is 0. The van der Waals surface area contributed by atoms with Gasteiger partial charge in [-0.2, -0.15) is 0 Å². The quantitative estimate of drug-likeness (QED) is 0.748. The molecule has 1 aliphatic heterocycles.